The fraction of sp³-hybridized carbons (Fsp3) is 0.522. The molecular formula is C23H27F3N2O6. The Morgan fingerprint density at radius 3 is 2.59 bits per heavy atom. The molecule has 0 aromatic carbocycles. The van der Waals surface area contributed by atoms with E-state index in [9.17, 15) is 18.0 Å². The Balaban J connectivity index is 0.000000406. The van der Waals surface area contributed by atoms with Crippen molar-refractivity contribution in [1.29, 1.82) is 0 Å². The van der Waals surface area contributed by atoms with Crippen molar-refractivity contribution in [3.63, 3.8) is 0 Å². The average Bonchev–Trinajstić information content (AvgIpc) is 3.46. The maximum absolute atomic E-state index is 12.8. The van der Waals surface area contributed by atoms with Crippen molar-refractivity contribution in [2.75, 3.05) is 26.3 Å². The van der Waals surface area contributed by atoms with E-state index < -0.39 is 12.1 Å². The van der Waals surface area contributed by atoms with E-state index in [1.165, 1.54) is 0 Å². The molecule has 2 aromatic heterocycles. The molecule has 1 amide bonds. The lowest BCUT2D eigenvalue weighted by atomic mass is 9.91. The lowest BCUT2D eigenvalue weighted by Crippen LogP contribution is -2.31. The molecule has 34 heavy (non-hydrogen) atoms. The van der Waals surface area contributed by atoms with Gasteiger partial charge in [-0.2, -0.15) is 13.2 Å². The van der Waals surface area contributed by atoms with E-state index in [4.69, 9.17) is 23.8 Å². The number of aromatic nitrogens is 1. The number of ether oxygens (including phenoxy) is 2. The molecule has 0 aliphatic carbocycles. The quantitative estimate of drug-likeness (QED) is 0.625. The van der Waals surface area contributed by atoms with Crippen molar-refractivity contribution in [2.24, 2.45) is 11.8 Å². The zero-order valence-electron chi connectivity index (χ0n) is 18.9. The number of hydrogen-bond donors (Lipinski definition) is 1. The van der Waals surface area contributed by atoms with Crippen LogP contribution in [0.15, 0.2) is 34.9 Å². The SMILES string of the molecule is Cc1cc(C(=O)N2C[C@H]3[C@@H](CCOCc4ccccn4)CO[C@H]3C2)c(C)o1.O=C(O)C(F)(F)F. The molecule has 2 fully saturated rings. The van der Waals surface area contributed by atoms with Crippen molar-refractivity contribution in [3.05, 3.63) is 53.2 Å². The molecule has 3 atom stereocenters. The molecule has 0 radical (unpaired) electrons. The summed E-state index contributed by atoms with van der Waals surface area (Å²) in [5, 5.41) is 7.12. The molecule has 8 nitrogen and oxygen atoms in total. The van der Waals surface area contributed by atoms with Crippen molar-refractivity contribution in [2.45, 2.75) is 39.2 Å². The molecule has 2 saturated heterocycles. The van der Waals surface area contributed by atoms with Crippen LogP contribution in [-0.4, -0.2) is 65.5 Å². The van der Waals surface area contributed by atoms with Crippen LogP contribution in [0.5, 0.6) is 0 Å². The zero-order valence-corrected chi connectivity index (χ0v) is 18.9. The summed E-state index contributed by atoms with van der Waals surface area (Å²) in [6, 6.07) is 7.66. The Bertz CT molecular complexity index is 979. The highest BCUT2D eigenvalue weighted by Gasteiger charge is 2.45. The first kappa shape index (κ1) is 25.7. The number of nitrogens with zero attached hydrogens (tertiary/aromatic N) is 2. The first-order valence-corrected chi connectivity index (χ1v) is 10.8. The van der Waals surface area contributed by atoms with Crippen LogP contribution in [0.3, 0.4) is 0 Å². The molecule has 4 rings (SSSR count). The predicted octanol–water partition coefficient (Wildman–Crippen LogP) is 3.62. The largest absolute Gasteiger partial charge is 0.490 e. The number of carboxylic acids is 1. The van der Waals surface area contributed by atoms with Gasteiger partial charge in [-0.15, -0.1) is 0 Å². The predicted molar refractivity (Wildman–Crippen MR) is 113 cm³/mol. The second kappa shape index (κ2) is 11.0. The van der Waals surface area contributed by atoms with Gasteiger partial charge < -0.3 is 23.9 Å². The number of carbonyl (C=O) groups is 2. The topological polar surface area (TPSA) is 102 Å². The minimum Gasteiger partial charge on any atom is -0.475 e. The number of likely N-dealkylation sites (tertiary alicyclic amines) is 1. The van der Waals surface area contributed by atoms with Crippen molar-refractivity contribution >= 4 is 11.9 Å². The van der Waals surface area contributed by atoms with Gasteiger partial charge in [0, 0.05) is 31.8 Å². The van der Waals surface area contributed by atoms with Crippen LogP contribution >= 0.6 is 0 Å². The number of carboxylic acid groups (broad SMARTS) is 1. The van der Waals surface area contributed by atoms with E-state index in [0.717, 1.165) is 31.0 Å². The summed E-state index contributed by atoms with van der Waals surface area (Å²) in [7, 11) is 0. The Kier molecular flexibility index (Phi) is 8.32. The third kappa shape index (κ3) is 6.57. The van der Waals surface area contributed by atoms with Crippen LogP contribution in [0.1, 0.15) is 34.0 Å². The van der Waals surface area contributed by atoms with Crippen LogP contribution in [0.2, 0.25) is 0 Å². The zero-order chi connectivity index (χ0) is 24.9. The van der Waals surface area contributed by atoms with Crippen molar-refractivity contribution in [1.82, 2.24) is 9.88 Å². The summed E-state index contributed by atoms with van der Waals surface area (Å²) in [4.78, 5) is 27.9. The summed E-state index contributed by atoms with van der Waals surface area (Å²) in [5.74, 6) is -0.422. The highest BCUT2D eigenvalue weighted by Crippen LogP contribution is 2.36. The number of aliphatic carboxylic acids is 1. The van der Waals surface area contributed by atoms with Gasteiger partial charge in [-0.1, -0.05) is 6.07 Å². The van der Waals surface area contributed by atoms with E-state index in [0.29, 0.717) is 42.9 Å². The highest BCUT2D eigenvalue weighted by atomic mass is 19.4. The van der Waals surface area contributed by atoms with Crippen LogP contribution in [0.4, 0.5) is 13.2 Å². The lowest BCUT2D eigenvalue weighted by Gasteiger charge is -2.19. The Hall–Kier alpha value is -2.92. The Morgan fingerprint density at radius 1 is 1.26 bits per heavy atom. The summed E-state index contributed by atoms with van der Waals surface area (Å²) in [6.45, 7) is 7.10. The first-order valence-electron chi connectivity index (χ1n) is 10.8. The average molecular weight is 484 g/mol. The van der Waals surface area contributed by atoms with Gasteiger partial charge >= 0.3 is 12.1 Å². The first-order chi connectivity index (χ1) is 16.1. The minimum absolute atomic E-state index is 0.0486. The second-order valence-corrected chi connectivity index (χ2v) is 8.30. The number of amides is 1. The van der Waals surface area contributed by atoms with Gasteiger partial charge in [0.05, 0.1) is 30.6 Å². The summed E-state index contributed by atoms with van der Waals surface area (Å²) < 4.78 is 49.0. The van der Waals surface area contributed by atoms with Gasteiger partial charge in [-0.25, -0.2) is 4.79 Å². The molecular weight excluding hydrogens is 457 g/mol. The van der Waals surface area contributed by atoms with Gasteiger partial charge in [0.15, 0.2) is 0 Å². The molecule has 2 aliphatic rings. The third-order valence-corrected chi connectivity index (χ3v) is 5.85. The number of fused-ring (bicyclic) bond motifs is 1. The Morgan fingerprint density at radius 2 is 2.00 bits per heavy atom. The van der Waals surface area contributed by atoms with Gasteiger partial charge in [0.2, 0.25) is 0 Å². The van der Waals surface area contributed by atoms with E-state index in [2.05, 4.69) is 4.98 Å². The smallest absolute Gasteiger partial charge is 0.475 e. The van der Waals surface area contributed by atoms with Crippen molar-refractivity contribution < 1.29 is 41.8 Å². The maximum Gasteiger partial charge on any atom is 0.490 e. The van der Waals surface area contributed by atoms with Gasteiger partial charge in [0.25, 0.3) is 5.91 Å². The lowest BCUT2D eigenvalue weighted by molar-refractivity contribution is -0.192. The van der Waals surface area contributed by atoms with Gasteiger partial charge in [-0.3, -0.25) is 9.78 Å². The van der Waals surface area contributed by atoms with Crippen LogP contribution in [-0.2, 0) is 20.9 Å². The standard InChI is InChI=1S/C21H26N2O4.C2HF3O2/c1-14-9-18(15(2)27-14)21(24)23-10-19-16(12-26-20(19)11-23)6-8-25-13-17-5-3-4-7-22-17;3-2(4,5)1(6)7/h3-5,7,9,16,19-20H,6,8,10-13H2,1-2H3;(H,6,7)/t16-,19-,20-;/m0./s1. The normalized spacial score (nSPS) is 21.7. The highest BCUT2D eigenvalue weighted by molar-refractivity contribution is 5.95. The molecule has 0 bridgehead atoms. The van der Waals surface area contributed by atoms with E-state index in [1.54, 1.807) is 6.20 Å². The van der Waals surface area contributed by atoms with Gasteiger partial charge in [0.1, 0.15) is 11.5 Å². The fourth-order valence-corrected chi connectivity index (χ4v) is 4.17. The number of rotatable bonds is 6. The van der Waals surface area contributed by atoms with E-state index in [-0.39, 0.29) is 12.0 Å². The molecule has 2 aliphatic heterocycles. The summed E-state index contributed by atoms with van der Waals surface area (Å²) >= 11 is 0. The van der Waals surface area contributed by atoms with E-state index >= 15 is 0 Å². The van der Waals surface area contributed by atoms with Crippen LogP contribution < -0.4 is 0 Å². The minimum atomic E-state index is -5.08. The monoisotopic (exact) mass is 484 g/mol. The van der Waals surface area contributed by atoms with Crippen LogP contribution in [0.25, 0.3) is 0 Å². The molecule has 0 unspecified atom stereocenters. The number of halogens is 3. The number of pyridine rings is 1. The Labute approximate surface area is 194 Å². The number of furan rings is 1. The number of aryl methyl sites for hydroxylation is 2. The summed E-state index contributed by atoms with van der Waals surface area (Å²) in [6.07, 6.45) is -2.22. The summed E-state index contributed by atoms with van der Waals surface area (Å²) in [5.41, 5.74) is 1.61. The molecule has 0 spiro atoms. The van der Waals surface area contributed by atoms with E-state index in [1.807, 2.05) is 43.0 Å². The molecule has 4 heterocycles. The molecule has 2 aromatic rings. The third-order valence-electron chi connectivity index (χ3n) is 5.85. The number of carbonyl (C=O) groups excluding carboxylic acids is 1. The molecule has 186 valence electrons. The number of hydrogen-bond acceptors (Lipinski definition) is 6. The van der Waals surface area contributed by atoms with Crippen LogP contribution in [0, 0.1) is 25.7 Å². The number of alkyl halides is 3. The molecule has 0 saturated carbocycles. The molecule has 11 heteroatoms. The maximum atomic E-state index is 12.8. The van der Waals surface area contributed by atoms with Gasteiger partial charge in [-0.05, 0) is 44.4 Å². The molecule has 1 N–H and O–H groups in total. The second-order valence-electron chi connectivity index (χ2n) is 8.30. The fourth-order valence-electron chi connectivity index (χ4n) is 4.17. The van der Waals surface area contributed by atoms with Crippen molar-refractivity contribution in [3.8, 4) is 0 Å².